The lowest BCUT2D eigenvalue weighted by molar-refractivity contribution is -0.142. The summed E-state index contributed by atoms with van der Waals surface area (Å²) in [6.07, 6.45) is 4.75. The summed E-state index contributed by atoms with van der Waals surface area (Å²) in [7, 11) is 0. The van der Waals surface area contributed by atoms with Crippen molar-refractivity contribution in [2.45, 2.75) is 44.8 Å². The van der Waals surface area contributed by atoms with Gasteiger partial charge in [0.25, 0.3) is 0 Å². The molecule has 2 aliphatic heterocycles. The Morgan fingerprint density at radius 2 is 2.42 bits per heavy atom. The lowest BCUT2D eigenvalue weighted by Gasteiger charge is -2.35. The molecule has 5 heteroatoms. The summed E-state index contributed by atoms with van der Waals surface area (Å²) in [6.45, 7) is 6.66. The van der Waals surface area contributed by atoms with E-state index in [0.717, 1.165) is 32.5 Å². The van der Waals surface area contributed by atoms with Crippen molar-refractivity contribution in [2.24, 2.45) is 0 Å². The summed E-state index contributed by atoms with van der Waals surface area (Å²) in [5.41, 5.74) is 0. The number of carbonyl (C=O) groups excluding carboxylic acids is 1. The van der Waals surface area contributed by atoms with E-state index in [1.807, 2.05) is 0 Å². The molecular weight excluding hydrogens is 244 g/mol. The number of carbonyl (C=O) groups is 1. The summed E-state index contributed by atoms with van der Waals surface area (Å²) in [6, 6.07) is 0.634. The molecule has 0 spiro atoms. The third kappa shape index (κ3) is 4.75. The standard InChI is InChI=1S/C14H26N2O3/c1-2-3-7-18-14(17)9-15-8-13-10-16-6-4-5-12(16)11-19-13/h12-13,15H,2-11H2,1H3. The van der Waals surface area contributed by atoms with Crippen molar-refractivity contribution >= 4 is 5.97 Å². The number of hydrogen-bond acceptors (Lipinski definition) is 5. The van der Waals surface area contributed by atoms with Crippen LogP contribution in [0.2, 0.25) is 0 Å². The minimum atomic E-state index is -0.164. The maximum Gasteiger partial charge on any atom is 0.319 e. The zero-order valence-corrected chi connectivity index (χ0v) is 11.9. The Morgan fingerprint density at radius 3 is 3.26 bits per heavy atom. The first kappa shape index (κ1) is 14.8. The summed E-state index contributed by atoms with van der Waals surface area (Å²) >= 11 is 0. The fraction of sp³-hybridized carbons (Fsp3) is 0.929. The average Bonchev–Trinajstić information content (AvgIpc) is 2.86. The molecule has 2 heterocycles. The Hall–Kier alpha value is -0.650. The van der Waals surface area contributed by atoms with Crippen LogP contribution in [-0.4, -0.2) is 62.4 Å². The molecule has 2 saturated heterocycles. The highest BCUT2D eigenvalue weighted by Crippen LogP contribution is 2.22. The van der Waals surface area contributed by atoms with Crippen LogP contribution in [0.5, 0.6) is 0 Å². The molecule has 0 radical (unpaired) electrons. The van der Waals surface area contributed by atoms with Gasteiger partial charge in [-0.25, -0.2) is 0 Å². The lowest BCUT2D eigenvalue weighted by Crippen LogP contribution is -2.49. The predicted molar refractivity (Wildman–Crippen MR) is 73.1 cm³/mol. The molecule has 0 amide bonds. The van der Waals surface area contributed by atoms with E-state index in [1.165, 1.54) is 19.4 Å². The van der Waals surface area contributed by atoms with Crippen LogP contribution < -0.4 is 5.32 Å². The van der Waals surface area contributed by atoms with Gasteiger partial charge in [-0.05, 0) is 25.8 Å². The Balaban J connectivity index is 1.54. The largest absolute Gasteiger partial charge is 0.465 e. The van der Waals surface area contributed by atoms with E-state index in [-0.39, 0.29) is 18.6 Å². The minimum Gasteiger partial charge on any atom is -0.465 e. The number of rotatable bonds is 7. The van der Waals surface area contributed by atoms with Crippen molar-refractivity contribution < 1.29 is 14.3 Å². The summed E-state index contributed by atoms with van der Waals surface area (Å²) in [4.78, 5) is 13.9. The molecule has 0 aliphatic carbocycles. The highest BCUT2D eigenvalue weighted by Gasteiger charge is 2.31. The molecule has 0 saturated carbocycles. The van der Waals surface area contributed by atoms with Gasteiger partial charge < -0.3 is 14.8 Å². The topological polar surface area (TPSA) is 50.8 Å². The van der Waals surface area contributed by atoms with Crippen molar-refractivity contribution in [3.63, 3.8) is 0 Å². The van der Waals surface area contributed by atoms with Crippen molar-refractivity contribution in [2.75, 3.05) is 39.4 Å². The fourth-order valence-electron chi connectivity index (χ4n) is 2.73. The van der Waals surface area contributed by atoms with Gasteiger partial charge in [-0.2, -0.15) is 0 Å². The van der Waals surface area contributed by atoms with E-state index in [9.17, 15) is 4.79 Å². The molecule has 2 fully saturated rings. The van der Waals surface area contributed by atoms with Gasteiger partial charge in [0.05, 0.1) is 25.9 Å². The summed E-state index contributed by atoms with van der Waals surface area (Å²) in [5.74, 6) is -0.164. The van der Waals surface area contributed by atoms with E-state index >= 15 is 0 Å². The van der Waals surface area contributed by atoms with E-state index < -0.39 is 0 Å². The third-order valence-electron chi connectivity index (χ3n) is 3.86. The van der Waals surface area contributed by atoms with Crippen molar-refractivity contribution in [3.05, 3.63) is 0 Å². The molecular formula is C14H26N2O3. The van der Waals surface area contributed by atoms with Gasteiger partial charge >= 0.3 is 5.97 Å². The van der Waals surface area contributed by atoms with Crippen LogP contribution >= 0.6 is 0 Å². The van der Waals surface area contributed by atoms with E-state index in [0.29, 0.717) is 12.6 Å². The molecule has 1 N–H and O–H groups in total. The minimum absolute atomic E-state index is 0.164. The van der Waals surface area contributed by atoms with Crippen molar-refractivity contribution in [1.29, 1.82) is 0 Å². The van der Waals surface area contributed by atoms with Gasteiger partial charge in [0.15, 0.2) is 0 Å². The van der Waals surface area contributed by atoms with Crippen LogP contribution in [0, 0.1) is 0 Å². The molecule has 110 valence electrons. The number of morpholine rings is 1. The number of fused-ring (bicyclic) bond motifs is 1. The van der Waals surface area contributed by atoms with Gasteiger partial charge in [-0.1, -0.05) is 13.3 Å². The van der Waals surface area contributed by atoms with E-state index in [4.69, 9.17) is 9.47 Å². The molecule has 19 heavy (non-hydrogen) atoms. The Kier molecular flexibility index (Phi) is 6.07. The second-order valence-corrected chi connectivity index (χ2v) is 5.45. The number of hydrogen-bond donors (Lipinski definition) is 1. The highest BCUT2D eigenvalue weighted by atomic mass is 16.5. The van der Waals surface area contributed by atoms with Crippen LogP contribution in [0.15, 0.2) is 0 Å². The van der Waals surface area contributed by atoms with Crippen LogP contribution in [0.25, 0.3) is 0 Å². The first-order valence-corrected chi connectivity index (χ1v) is 7.51. The molecule has 0 aromatic heterocycles. The monoisotopic (exact) mass is 270 g/mol. The number of nitrogens with zero attached hydrogens (tertiary/aromatic N) is 1. The molecule has 2 aliphatic rings. The SMILES string of the molecule is CCCCOC(=O)CNCC1CN2CCCC2CO1. The number of unbranched alkanes of at least 4 members (excludes halogenated alkanes) is 1. The normalized spacial score (nSPS) is 27.2. The van der Waals surface area contributed by atoms with Gasteiger partial charge in [-0.3, -0.25) is 9.69 Å². The Bertz CT molecular complexity index is 286. The molecule has 0 bridgehead atoms. The Morgan fingerprint density at radius 1 is 1.53 bits per heavy atom. The smallest absolute Gasteiger partial charge is 0.319 e. The second kappa shape index (κ2) is 7.82. The number of nitrogens with one attached hydrogen (secondary N) is 1. The van der Waals surface area contributed by atoms with Crippen molar-refractivity contribution in [3.8, 4) is 0 Å². The molecule has 2 atom stereocenters. The molecule has 2 rings (SSSR count). The predicted octanol–water partition coefficient (Wildman–Crippen LogP) is 0.783. The van der Waals surface area contributed by atoms with E-state index in [2.05, 4.69) is 17.1 Å². The highest BCUT2D eigenvalue weighted by molar-refractivity contribution is 5.71. The van der Waals surface area contributed by atoms with Gasteiger partial charge in [0.2, 0.25) is 0 Å². The third-order valence-corrected chi connectivity index (χ3v) is 3.86. The lowest BCUT2D eigenvalue weighted by atomic mass is 10.2. The number of ether oxygens (including phenoxy) is 2. The molecule has 5 nitrogen and oxygen atoms in total. The Labute approximate surface area is 115 Å². The number of esters is 1. The molecule has 0 aromatic carbocycles. The maximum atomic E-state index is 11.4. The van der Waals surface area contributed by atoms with Gasteiger partial charge in [0, 0.05) is 19.1 Å². The quantitative estimate of drug-likeness (QED) is 0.547. The van der Waals surface area contributed by atoms with Crippen LogP contribution in [0.1, 0.15) is 32.6 Å². The molecule has 0 aromatic rings. The first-order chi connectivity index (χ1) is 9.29. The molecule has 2 unspecified atom stereocenters. The zero-order chi connectivity index (χ0) is 13.5. The van der Waals surface area contributed by atoms with Crippen molar-refractivity contribution in [1.82, 2.24) is 10.2 Å². The van der Waals surface area contributed by atoms with E-state index in [1.54, 1.807) is 0 Å². The van der Waals surface area contributed by atoms with Gasteiger partial charge in [-0.15, -0.1) is 0 Å². The average molecular weight is 270 g/mol. The van der Waals surface area contributed by atoms with Gasteiger partial charge in [0.1, 0.15) is 0 Å². The van der Waals surface area contributed by atoms with Crippen LogP contribution in [0.3, 0.4) is 0 Å². The second-order valence-electron chi connectivity index (χ2n) is 5.45. The zero-order valence-electron chi connectivity index (χ0n) is 11.9. The maximum absolute atomic E-state index is 11.4. The first-order valence-electron chi connectivity index (χ1n) is 7.51. The van der Waals surface area contributed by atoms with Crippen LogP contribution in [0.4, 0.5) is 0 Å². The summed E-state index contributed by atoms with van der Waals surface area (Å²) < 4.78 is 10.9. The fourth-order valence-corrected chi connectivity index (χ4v) is 2.73. The van der Waals surface area contributed by atoms with Crippen LogP contribution in [-0.2, 0) is 14.3 Å². The summed E-state index contributed by atoms with van der Waals surface area (Å²) in [5, 5.41) is 3.14.